The van der Waals surface area contributed by atoms with Crippen LogP contribution in [0.2, 0.25) is 5.02 Å². The molecule has 82 heavy (non-hydrogen) atoms. The van der Waals surface area contributed by atoms with Crippen molar-refractivity contribution in [2.45, 2.75) is 89.1 Å². The normalized spacial score (nSPS) is 21.2. The Balaban J connectivity index is 0.708. The summed E-state index contributed by atoms with van der Waals surface area (Å²) in [4.78, 5) is 61.2. The van der Waals surface area contributed by atoms with Gasteiger partial charge in [0.2, 0.25) is 0 Å². The van der Waals surface area contributed by atoms with Crippen LogP contribution in [0, 0.1) is 28.8 Å². The number of nitriles is 1. The number of cyclic esters (lactones) is 1. The van der Waals surface area contributed by atoms with Crippen LogP contribution in [0.5, 0.6) is 6.01 Å². The number of nitrogens with zero attached hydrogens (tertiary/aromatic N) is 12. The predicted octanol–water partition coefficient (Wildman–Crippen LogP) is 7.28. The number of hydrogen-bond acceptors (Lipinski definition) is 18. The molecule has 5 aliphatic rings. The number of ether oxygens (including phenoxy) is 2. The number of tetrazole rings is 1. The van der Waals surface area contributed by atoms with Crippen molar-refractivity contribution in [1.82, 2.24) is 49.5 Å². The molecule has 8 aromatic rings. The molecule has 3 fully saturated rings. The molecule has 13 rings (SSSR count). The zero-order valence-electron chi connectivity index (χ0n) is 44.0. The maximum absolute atomic E-state index is 17.5. The monoisotopic (exact) mass is 1160 g/mol. The highest BCUT2D eigenvalue weighted by Gasteiger charge is 2.50. The van der Waals surface area contributed by atoms with E-state index >= 15 is 13.2 Å². The number of pyridine rings is 2. The highest BCUT2D eigenvalue weighted by Crippen LogP contribution is 2.47. The zero-order chi connectivity index (χ0) is 57.3. The lowest BCUT2D eigenvalue weighted by molar-refractivity contribution is -0.172. The minimum absolute atomic E-state index is 0.00317. The van der Waals surface area contributed by atoms with Gasteiger partial charge in [0.1, 0.15) is 53.4 Å². The molecule has 20 nitrogen and oxygen atoms in total. The third kappa shape index (κ3) is 8.47. The molecule has 4 atom stereocenters. The molecular formula is C56H49ClF4N14O6S. The highest BCUT2D eigenvalue weighted by molar-refractivity contribution is 7.23. The second-order valence-electron chi connectivity index (χ2n) is 21.5. The molecule has 3 aromatic carbocycles. The van der Waals surface area contributed by atoms with Gasteiger partial charge < -0.3 is 40.0 Å². The number of anilines is 3. The van der Waals surface area contributed by atoms with Crippen molar-refractivity contribution in [2.24, 2.45) is 0 Å². The molecule has 4 unspecified atom stereocenters. The van der Waals surface area contributed by atoms with Gasteiger partial charge in [-0.25, -0.2) is 27.3 Å². The SMILES string of the molecule is C=C(Cn1nnc(CNc2cc3cc4c(nc3cc2F)-c2cc3c(c(=O)n2C4)COC(=O)C3(O)CC)n1)C(=O)N1CCN(c2nc(OCC34CCCN3CC(F)C4)nc3c(F)c(-c4ccc(F)c5sc(N)c(C#N)c45)c(Cl)cc23)C(C)C1. The average Bonchev–Trinajstić information content (AvgIpc) is 2.62. The lowest BCUT2D eigenvalue weighted by Gasteiger charge is -2.41. The van der Waals surface area contributed by atoms with Crippen molar-refractivity contribution in [3.05, 3.63) is 116 Å². The Hall–Kier alpha value is -8.31. The molecular weight excluding hydrogens is 1110 g/mol. The number of hydrogen-bond donors (Lipinski definition) is 3. The summed E-state index contributed by atoms with van der Waals surface area (Å²) in [6.45, 7) is 8.92. The molecule has 4 N–H and O–H groups in total. The van der Waals surface area contributed by atoms with E-state index in [-0.39, 0.29) is 166 Å². The van der Waals surface area contributed by atoms with E-state index in [1.54, 1.807) is 24.0 Å². The lowest BCUT2D eigenvalue weighted by atomic mass is 9.86. The fraction of sp³-hybridized carbons (Fsp3) is 0.357. The first kappa shape index (κ1) is 53.0. The van der Waals surface area contributed by atoms with Crippen molar-refractivity contribution in [3.63, 3.8) is 0 Å². The van der Waals surface area contributed by atoms with E-state index < -0.39 is 52.3 Å². The van der Waals surface area contributed by atoms with Crippen LogP contribution in [0.1, 0.15) is 67.6 Å². The number of nitrogen functional groups attached to an aromatic ring is 1. The lowest BCUT2D eigenvalue weighted by Crippen LogP contribution is -2.54. The summed E-state index contributed by atoms with van der Waals surface area (Å²) < 4.78 is 76.2. The zero-order valence-corrected chi connectivity index (χ0v) is 45.6. The molecule has 420 valence electrons. The van der Waals surface area contributed by atoms with Crippen LogP contribution in [0.3, 0.4) is 0 Å². The Labute approximate surface area is 472 Å². The number of piperazine rings is 1. The van der Waals surface area contributed by atoms with Gasteiger partial charge >= 0.3 is 12.0 Å². The quantitative estimate of drug-likeness (QED) is 0.0618. The average molecular weight is 1160 g/mol. The van der Waals surface area contributed by atoms with E-state index in [9.17, 15) is 29.1 Å². The number of fused-ring (bicyclic) bond motifs is 8. The third-order valence-electron chi connectivity index (χ3n) is 16.6. The van der Waals surface area contributed by atoms with Gasteiger partial charge in [0.15, 0.2) is 17.2 Å². The van der Waals surface area contributed by atoms with E-state index in [4.69, 9.17) is 36.8 Å². The molecule has 26 heteroatoms. The van der Waals surface area contributed by atoms with Crippen LogP contribution in [-0.2, 0) is 46.2 Å². The summed E-state index contributed by atoms with van der Waals surface area (Å²) in [5, 5.41) is 37.8. The maximum Gasteiger partial charge on any atom is 0.343 e. The van der Waals surface area contributed by atoms with Crippen LogP contribution in [-0.4, -0.2) is 124 Å². The van der Waals surface area contributed by atoms with Crippen LogP contribution in [0.15, 0.2) is 59.4 Å². The standard InChI is InChI=1S/C56H49ClF4N14O6S/c1-4-56(79)35-15-41-46-29(22-74(41)52(77)34(35)24-80-53(56)78)12-28-13-40(38(60)16-39(28)65-46)64-19-42-68-70-75(69-42)20-26(2)51(76)71-10-11-73(27(3)21-71)50-32-14-36(57)44(31-6-7-37(59)48-43(31)33(18-62)49(63)82-48)45(61)47(32)66-54(67-50)81-25-55-8-5-9-72(55)23-30(58)17-55/h6-7,12-16,27,30,64,79H,2,4-5,8-11,17,19-25,63H2,1,3H3. The summed E-state index contributed by atoms with van der Waals surface area (Å²) in [7, 11) is 0. The van der Waals surface area contributed by atoms with Crippen molar-refractivity contribution in [1.29, 1.82) is 5.26 Å². The fourth-order valence-corrected chi connectivity index (χ4v) is 13.7. The number of esters is 1. The molecule has 0 saturated carbocycles. The van der Waals surface area contributed by atoms with E-state index in [1.165, 1.54) is 27.6 Å². The second-order valence-corrected chi connectivity index (χ2v) is 23.0. The maximum atomic E-state index is 17.5. The summed E-state index contributed by atoms with van der Waals surface area (Å²) >= 11 is 7.85. The largest absolute Gasteiger partial charge is 0.461 e. The Morgan fingerprint density at radius 1 is 1.10 bits per heavy atom. The second kappa shape index (κ2) is 19.7. The molecule has 3 saturated heterocycles. The number of halogens is 5. The highest BCUT2D eigenvalue weighted by atomic mass is 35.5. The molecule has 0 aliphatic carbocycles. The predicted molar refractivity (Wildman–Crippen MR) is 295 cm³/mol. The van der Waals surface area contributed by atoms with Gasteiger partial charge in [0.25, 0.3) is 11.5 Å². The van der Waals surface area contributed by atoms with Crippen LogP contribution >= 0.6 is 22.9 Å². The Bertz CT molecular complexity index is 4210. The van der Waals surface area contributed by atoms with Crippen molar-refractivity contribution < 1.29 is 41.7 Å². The van der Waals surface area contributed by atoms with Gasteiger partial charge in [0, 0.05) is 83.1 Å². The minimum Gasteiger partial charge on any atom is -0.461 e. The first-order chi connectivity index (χ1) is 39.4. The number of carbonyl (C=O) groups excluding carboxylic acids is 2. The number of alkyl halides is 1. The van der Waals surface area contributed by atoms with Crippen molar-refractivity contribution >= 4 is 83.2 Å². The molecule has 0 spiro atoms. The summed E-state index contributed by atoms with van der Waals surface area (Å²) in [5.74, 6) is -2.89. The number of nitrogens with one attached hydrogen (secondary N) is 1. The molecule has 5 aliphatic heterocycles. The Kier molecular flexibility index (Phi) is 12.7. The number of nitrogens with two attached hydrogens (primary N) is 1. The van der Waals surface area contributed by atoms with Crippen LogP contribution in [0.25, 0.3) is 54.4 Å². The number of rotatable bonds is 12. The minimum atomic E-state index is -1.98. The van der Waals surface area contributed by atoms with E-state index in [1.807, 2.05) is 24.0 Å². The smallest absolute Gasteiger partial charge is 0.343 e. The van der Waals surface area contributed by atoms with E-state index in [2.05, 4.69) is 37.2 Å². The molecule has 1 amide bonds. The number of aromatic nitrogens is 8. The fourth-order valence-electron chi connectivity index (χ4n) is 12.5. The van der Waals surface area contributed by atoms with Crippen molar-refractivity contribution in [3.8, 4) is 34.6 Å². The van der Waals surface area contributed by atoms with E-state index in [0.717, 1.165) is 30.4 Å². The Morgan fingerprint density at radius 3 is 2.72 bits per heavy atom. The number of carbonyl (C=O) groups is 2. The van der Waals surface area contributed by atoms with Gasteiger partial charge in [0.05, 0.1) is 68.6 Å². The number of thiophene rings is 1. The summed E-state index contributed by atoms with van der Waals surface area (Å²) in [6.07, 6.45) is 0.809. The number of aliphatic hydroxyl groups is 1. The summed E-state index contributed by atoms with van der Waals surface area (Å²) in [6, 6.07) is 11.7. The van der Waals surface area contributed by atoms with Gasteiger partial charge in [-0.2, -0.15) is 20.0 Å². The number of amides is 1. The van der Waals surface area contributed by atoms with Gasteiger partial charge in [-0.05, 0) is 73.8 Å². The topological polar surface area (TPSA) is 249 Å². The number of benzene rings is 3. The Morgan fingerprint density at radius 2 is 1.93 bits per heavy atom. The van der Waals surface area contributed by atoms with Gasteiger partial charge in [-0.1, -0.05) is 31.2 Å². The third-order valence-corrected chi connectivity index (χ3v) is 17.9. The van der Waals surface area contributed by atoms with Gasteiger partial charge in [-0.15, -0.1) is 21.5 Å². The summed E-state index contributed by atoms with van der Waals surface area (Å²) in [5.41, 5.74) is 5.47. The van der Waals surface area contributed by atoms with E-state index in [0.29, 0.717) is 34.3 Å². The van der Waals surface area contributed by atoms with Crippen LogP contribution in [0.4, 0.5) is 34.1 Å². The first-order valence-corrected chi connectivity index (χ1v) is 27.7. The van der Waals surface area contributed by atoms with Crippen molar-refractivity contribution in [2.75, 3.05) is 55.3 Å². The molecule has 0 bridgehead atoms. The van der Waals surface area contributed by atoms with Gasteiger partial charge in [-0.3, -0.25) is 14.5 Å². The van der Waals surface area contributed by atoms with Crippen LogP contribution < -0.4 is 26.2 Å². The molecule has 0 radical (unpaired) electrons. The first-order valence-electron chi connectivity index (χ1n) is 26.5. The molecule has 10 heterocycles. The molecule has 5 aromatic heterocycles.